The van der Waals surface area contributed by atoms with Gasteiger partial charge in [-0.25, -0.2) is 9.18 Å². The highest BCUT2D eigenvalue weighted by atomic mass is 35.5. The lowest BCUT2D eigenvalue weighted by Gasteiger charge is -1.99. The summed E-state index contributed by atoms with van der Waals surface area (Å²) >= 11 is 5.78. The minimum Gasteiger partial charge on any atom is -0.459 e. The number of carbonyl (C=O) groups is 1. The van der Waals surface area contributed by atoms with Gasteiger partial charge < -0.3 is 4.74 Å². The summed E-state index contributed by atoms with van der Waals surface area (Å²) in [6.07, 6.45) is 0. The molecule has 0 radical (unpaired) electrons. The van der Waals surface area contributed by atoms with E-state index in [0.29, 0.717) is 10.6 Å². The molecule has 1 aromatic carbocycles. The van der Waals surface area contributed by atoms with Crippen LogP contribution in [-0.4, -0.2) is 13.1 Å². The molecule has 0 unspecified atom stereocenters. The van der Waals surface area contributed by atoms with Gasteiger partial charge in [0.05, 0.1) is 12.7 Å². The number of benzene rings is 1. The Morgan fingerprint density at radius 1 is 1.53 bits per heavy atom. The number of esters is 1. The number of hydrogen-bond acceptors (Lipinski definition) is 2. The molecule has 0 heterocycles. The number of ether oxygens (including phenoxy) is 1. The Kier molecular flexibility index (Phi) is 3.70. The number of methoxy groups -OCH3 is 1. The van der Waals surface area contributed by atoms with Crippen LogP contribution in [-0.2, 0) is 9.53 Å². The smallest absolute Gasteiger partial charge is 0.384 e. The van der Waals surface area contributed by atoms with E-state index in [2.05, 4.69) is 16.6 Å². The molecule has 0 aliphatic heterocycles. The normalized spacial score (nSPS) is 9.07. The van der Waals surface area contributed by atoms with Crippen LogP contribution in [0.15, 0.2) is 12.1 Å². The zero-order valence-corrected chi connectivity index (χ0v) is 8.98. The molecule has 0 fully saturated rings. The van der Waals surface area contributed by atoms with Gasteiger partial charge in [0.2, 0.25) is 0 Å². The van der Waals surface area contributed by atoms with Crippen molar-refractivity contribution in [2.45, 2.75) is 6.92 Å². The molecule has 1 rings (SSSR count). The summed E-state index contributed by atoms with van der Waals surface area (Å²) in [5.74, 6) is 3.25. The van der Waals surface area contributed by atoms with E-state index in [1.54, 1.807) is 6.92 Å². The van der Waals surface area contributed by atoms with Gasteiger partial charge in [-0.15, -0.1) is 0 Å². The van der Waals surface area contributed by atoms with Crippen molar-refractivity contribution in [3.05, 3.63) is 34.1 Å². The first kappa shape index (κ1) is 11.5. The third kappa shape index (κ3) is 2.97. The molecule has 2 nitrogen and oxygen atoms in total. The molecule has 0 saturated carbocycles. The Balaban J connectivity index is 3.09. The number of carbonyl (C=O) groups excluding carboxylic acids is 1. The van der Waals surface area contributed by atoms with Crippen molar-refractivity contribution in [1.29, 1.82) is 0 Å². The Bertz CT molecular complexity index is 458. The van der Waals surface area contributed by atoms with E-state index in [4.69, 9.17) is 11.6 Å². The Morgan fingerprint density at radius 2 is 2.20 bits per heavy atom. The lowest BCUT2D eigenvalue weighted by molar-refractivity contribution is -0.133. The van der Waals surface area contributed by atoms with E-state index in [9.17, 15) is 9.18 Å². The first-order valence-corrected chi connectivity index (χ1v) is 4.48. The molecule has 0 bridgehead atoms. The van der Waals surface area contributed by atoms with Crippen molar-refractivity contribution in [3.8, 4) is 11.8 Å². The molecule has 0 amide bonds. The fraction of sp³-hybridized carbons (Fsp3) is 0.182. The fourth-order valence-electron chi connectivity index (χ4n) is 0.911. The Morgan fingerprint density at radius 3 is 2.80 bits per heavy atom. The highest BCUT2D eigenvalue weighted by Gasteiger charge is 2.03. The van der Waals surface area contributed by atoms with Crippen molar-refractivity contribution in [3.63, 3.8) is 0 Å². The predicted molar refractivity (Wildman–Crippen MR) is 55.0 cm³/mol. The van der Waals surface area contributed by atoms with Crippen LogP contribution in [0, 0.1) is 24.6 Å². The average Bonchev–Trinajstić information content (AvgIpc) is 2.21. The van der Waals surface area contributed by atoms with Gasteiger partial charge >= 0.3 is 5.97 Å². The Hall–Kier alpha value is -1.53. The number of hydrogen-bond donors (Lipinski definition) is 0. The molecule has 0 N–H and O–H groups in total. The summed E-state index contributed by atoms with van der Waals surface area (Å²) in [5.41, 5.74) is 0.703. The van der Waals surface area contributed by atoms with Gasteiger partial charge in [-0.3, -0.25) is 0 Å². The molecule has 0 saturated heterocycles. The van der Waals surface area contributed by atoms with E-state index in [1.807, 2.05) is 0 Å². The van der Waals surface area contributed by atoms with Crippen LogP contribution in [0.2, 0.25) is 5.02 Å². The summed E-state index contributed by atoms with van der Waals surface area (Å²) < 4.78 is 17.6. The van der Waals surface area contributed by atoms with E-state index in [1.165, 1.54) is 19.2 Å². The van der Waals surface area contributed by atoms with E-state index >= 15 is 0 Å². The number of aryl methyl sites for hydroxylation is 1. The average molecular weight is 227 g/mol. The van der Waals surface area contributed by atoms with Crippen molar-refractivity contribution >= 4 is 17.6 Å². The Labute approximate surface area is 92.0 Å². The van der Waals surface area contributed by atoms with Gasteiger partial charge in [-0.2, -0.15) is 0 Å². The van der Waals surface area contributed by atoms with Gasteiger partial charge in [-0.1, -0.05) is 17.5 Å². The molecule has 0 aliphatic rings. The summed E-state index contributed by atoms with van der Waals surface area (Å²) in [6, 6.07) is 2.64. The topological polar surface area (TPSA) is 26.3 Å². The first-order valence-electron chi connectivity index (χ1n) is 4.10. The van der Waals surface area contributed by atoms with Crippen LogP contribution in [0.3, 0.4) is 0 Å². The minimum atomic E-state index is -0.717. The van der Waals surface area contributed by atoms with E-state index < -0.39 is 11.8 Å². The highest BCUT2D eigenvalue weighted by Crippen LogP contribution is 2.19. The first-order chi connectivity index (χ1) is 7.04. The molecule has 0 aliphatic carbocycles. The van der Waals surface area contributed by atoms with Gasteiger partial charge in [0.1, 0.15) is 5.82 Å². The lowest BCUT2D eigenvalue weighted by atomic mass is 10.1. The molecule has 78 valence electrons. The highest BCUT2D eigenvalue weighted by molar-refractivity contribution is 6.31. The van der Waals surface area contributed by atoms with Crippen molar-refractivity contribution in [1.82, 2.24) is 0 Å². The number of halogens is 2. The quantitative estimate of drug-likeness (QED) is 0.501. The maximum Gasteiger partial charge on any atom is 0.384 e. The van der Waals surface area contributed by atoms with Gasteiger partial charge in [-0.05, 0) is 24.6 Å². The summed E-state index contributed by atoms with van der Waals surface area (Å²) in [5, 5.41) is 0.408. The third-order valence-electron chi connectivity index (χ3n) is 1.73. The second-order valence-corrected chi connectivity index (χ2v) is 3.23. The van der Waals surface area contributed by atoms with E-state index in [-0.39, 0.29) is 5.56 Å². The molecule has 0 atom stereocenters. The molecule has 0 aromatic heterocycles. The summed E-state index contributed by atoms with van der Waals surface area (Å²) in [4.78, 5) is 10.7. The van der Waals surface area contributed by atoms with Gasteiger partial charge in [0, 0.05) is 10.9 Å². The maximum absolute atomic E-state index is 13.3. The molecular weight excluding hydrogens is 219 g/mol. The van der Waals surface area contributed by atoms with Crippen molar-refractivity contribution < 1.29 is 13.9 Å². The summed E-state index contributed by atoms with van der Waals surface area (Å²) in [7, 11) is 1.20. The van der Waals surface area contributed by atoms with Crippen LogP contribution in [0.1, 0.15) is 11.1 Å². The maximum atomic E-state index is 13.3. The van der Waals surface area contributed by atoms with Crippen LogP contribution in [0.25, 0.3) is 0 Å². The van der Waals surface area contributed by atoms with Crippen LogP contribution >= 0.6 is 11.6 Å². The SMILES string of the molecule is COC(=O)C#Cc1cc(Cl)c(C)cc1F. The second-order valence-electron chi connectivity index (χ2n) is 2.82. The van der Waals surface area contributed by atoms with E-state index in [0.717, 1.165) is 0 Å². The summed E-state index contributed by atoms with van der Waals surface area (Å²) in [6.45, 7) is 1.68. The predicted octanol–water partition coefficient (Wildman–Crippen LogP) is 2.31. The van der Waals surface area contributed by atoms with Crippen LogP contribution in [0.5, 0.6) is 0 Å². The third-order valence-corrected chi connectivity index (χ3v) is 2.14. The fourth-order valence-corrected chi connectivity index (χ4v) is 1.08. The second kappa shape index (κ2) is 4.81. The van der Waals surface area contributed by atoms with Gasteiger partial charge in [0.25, 0.3) is 0 Å². The zero-order chi connectivity index (χ0) is 11.4. The zero-order valence-electron chi connectivity index (χ0n) is 8.23. The molecular formula is C11H8ClFO2. The van der Waals surface area contributed by atoms with Gasteiger partial charge in [0.15, 0.2) is 0 Å². The molecule has 4 heteroatoms. The number of rotatable bonds is 0. The van der Waals surface area contributed by atoms with Crippen molar-refractivity contribution in [2.24, 2.45) is 0 Å². The van der Waals surface area contributed by atoms with Crippen LogP contribution in [0.4, 0.5) is 4.39 Å². The van der Waals surface area contributed by atoms with Crippen molar-refractivity contribution in [2.75, 3.05) is 7.11 Å². The molecule has 1 aromatic rings. The molecule has 15 heavy (non-hydrogen) atoms. The standard InChI is InChI=1S/C11H8ClFO2/c1-7-5-10(13)8(6-9(7)12)3-4-11(14)15-2/h5-6H,1-2H3. The molecule has 0 spiro atoms. The van der Waals surface area contributed by atoms with Crippen LogP contribution < -0.4 is 0 Å². The monoisotopic (exact) mass is 226 g/mol. The minimum absolute atomic E-state index is 0.0796. The largest absolute Gasteiger partial charge is 0.459 e. The lowest BCUT2D eigenvalue weighted by Crippen LogP contribution is -1.95.